The number of anilines is 1. The summed E-state index contributed by atoms with van der Waals surface area (Å²) in [4.78, 5) is 12.3. The highest BCUT2D eigenvalue weighted by Gasteiger charge is 2.26. The Bertz CT molecular complexity index is 471. The molecule has 1 saturated carbocycles. The first-order chi connectivity index (χ1) is 9.63. The molecule has 5 heteroatoms. The molecule has 0 aromatic heterocycles. The molecule has 1 aromatic carbocycles. The molecule has 2 rings (SSSR count). The van der Waals surface area contributed by atoms with Gasteiger partial charge in [0, 0.05) is 10.9 Å². The van der Waals surface area contributed by atoms with E-state index in [0.29, 0.717) is 22.4 Å². The van der Waals surface area contributed by atoms with E-state index in [-0.39, 0.29) is 11.8 Å². The number of nitrogens with one attached hydrogen (secondary N) is 1. The van der Waals surface area contributed by atoms with Crippen molar-refractivity contribution >= 4 is 23.2 Å². The Labute approximate surface area is 124 Å². The molecule has 110 valence electrons. The minimum atomic E-state index is 0.0426. The molecule has 1 aliphatic rings. The number of methoxy groups -OCH3 is 1. The van der Waals surface area contributed by atoms with E-state index in [4.69, 9.17) is 22.1 Å². The Balaban J connectivity index is 1.99. The molecule has 0 aliphatic heterocycles. The zero-order chi connectivity index (χ0) is 14.5. The summed E-state index contributed by atoms with van der Waals surface area (Å²) in [7, 11) is 1.57. The molecular formula is C15H21ClN2O2. The van der Waals surface area contributed by atoms with E-state index in [1.807, 2.05) is 0 Å². The lowest BCUT2D eigenvalue weighted by molar-refractivity contribution is -0.121. The first-order valence-electron chi connectivity index (χ1n) is 6.98. The summed E-state index contributed by atoms with van der Waals surface area (Å²) in [6.45, 7) is 0.719. The fourth-order valence-corrected chi connectivity index (χ4v) is 2.85. The molecular weight excluding hydrogens is 276 g/mol. The summed E-state index contributed by atoms with van der Waals surface area (Å²) in [5.41, 5.74) is 6.30. The first kappa shape index (κ1) is 15.1. The van der Waals surface area contributed by atoms with Crippen molar-refractivity contribution in [3.8, 4) is 5.75 Å². The van der Waals surface area contributed by atoms with Crippen LogP contribution in [-0.2, 0) is 4.79 Å². The number of amides is 1. The second-order valence-electron chi connectivity index (χ2n) is 5.29. The summed E-state index contributed by atoms with van der Waals surface area (Å²) in [5, 5.41) is 3.50. The SMILES string of the molecule is COc1ccc(Cl)cc1NC(=O)C1CCC(CN)CC1. The number of carbonyl (C=O) groups is 1. The Morgan fingerprint density at radius 3 is 2.70 bits per heavy atom. The second-order valence-corrected chi connectivity index (χ2v) is 5.72. The molecule has 0 spiro atoms. The van der Waals surface area contributed by atoms with Gasteiger partial charge in [-0.3, -0.25) is 4.79 Å². The van der Waals surface area contributed by atoms with Gasteiger partial charge in [-0.2, -0.15) is 0 Å². The summed E-state index contributed by atoms with van der Waals surface area (Å²) >= 11 is 5.96. The summed E-state index contributed by atoms with van der Waals surface area (Å²) < 4.78 is 5.23. The van der Waals surface area contributed by atoms with Gasteiger partial charge in [0.25, 0.3) is 0 Å². The molecule has 0 atom stereocenters. The lowest BCUT2D eigenvalue weighted by atomic mass is 9.81. The van der Waals surface area contributed by atoms with Crippen LogP contribution in [0.2, 0.25) is 5.02 Å². The molecule has 0 bridgehead atoms. The summed E-state index contributed by atoms with van der Waals surface area (Å²) in [6, 6.07) is 5.20. The van der Waals surface area contributed by atoms with Crippen molar-refractivity contribution < 1.29 is 9.53 Å². The van der Waals surface area contributed by atoms with Crippen LogP contribution in [-0.4, -0.2) is 19.6 Å². The lowest BCUT2D eigenvalue weighted by Gasteiger charge is -2.27. The zero-order valence-corrected chi connectivity index (χ0v) is 12.5. The van der Waals surface area contributed by atoms with Crippen molar-refractivity contribution in [3.05, 3.63) is 23.2 Å². The van der Waals surface area contributed by atoms with Gasteiger partial charge in [0.05, 0.1) is 12.8 Å². The predicted molar refractivity (Wildman–Crippen MR) is 81.1 cm³/mol. The van der Waals surface area contributed by atoms with E-state index in [1.165, 1.54) is 0 Å². The van der Waals surface area contributed by atoms with Gasteiger partial charge in [-0.25, -0.2) is 0 Å². The standard InChI is InChI=1S/C15H21ClN2O2/c1-20-14-7-6-12(16)8-13(14)18-15(19)11-4-2-10(9-17)3-5-11/h6-8,10-11H,2-5,9,17H2,1H3,(H,18,19). The summed E-state index contributed by atoms with van der Waals surface area (Å²) in [5.74, 6) is 1.29. The molecule has 1 aliphatic carbocycles. The number of hydrogen-bond donors (Lipinski definition) is 2. The molecule has 3 N–H and O–H groups in total. The third-order valence-electron chi connectivity index (χ3n) is 3.97. The topological polar surface area (TPSA) is 64.3 Å². The van der Waals surface area contributed by atoms with Crippen molar-refractivity contribution in [3.63, 3.8) is 0 Å². The average molecular weight is 297 g/mol. The van der Waals surface area contributed by atoms with Crippen LogP contribution in [0.3, 0.4) is 0 Å². The molecule has 0 heterocycles. The van der Waals surface area contributed by atoms with E-state index in [0.717, 1.165) is 32.2 Å². The largest absolute Gasteiger partial charge is 0.495 e. The maximum Gasteiger partial charge on any atom is 0.227 e. The van der Waals surface area contributed by atoms with Gasteiger partial charge in [0.15, 0.2) is 0 Å². The van der Waals surface area contributed by atoms with Gasteiger partial charge in [-0.15, -0.1) is 0 Å². The third kappa shape index (κ3) is 3.64. The molecule has 1 amide bonds. The maximum atomic E-state index is 12.3. The maximum absolute atomic E-state index is 12.3. The molecule has 20 heavy (non-hydrogen) atoms. The van der Waals surface area contributed by atoms with Gasteiger partial charge in [0.1, 0.15) is 5.75 Å². The number of benzene rings is 1. The van der Waals surface area contributed by atoms with Gasteiger partial charge in [-0.05, 0) is 56.3 Å². The lowest BCUT2D eigenvalue weighted by Crippen LogP contribution is -2.29. The van der Waals surface area contributed by atoms with Gasteiger partial charge < -0.3 is 15.8 Å². The van der Waals surface area contributed by atoms with Gasteiger partial charge >= 0.3 is 0 Å². The van der Waals surface area contributed by atoms with Crippen molar-refractivity contribution in [2.45, 2.75) is 25.7 Å². The summed E-state index contributed by atoms with van der Waals surface area (Å²) in [6.07, 6.45) is 3.86. The minimum absolute atomic E-state index is 0.0426. The normalized spacial score (nSPS) is 22.4. The first-order valence-corrected chi connectivity index (χ1v) is 7.36. The van der Waals surface area contributed by atoms with Gasteiger partial charge in [-0.1, -0.05) is 11.6 Å². The number of ether oxygens (including phenoxy) is 1. The Morgan fingerprint density at radius 1 is 1.40 bits per heavy atom. The van der Waals surface area contributed by atoms with Crippen molar-refractivity contribution in [1.29, 1.82) is 0 Å². The van der Waals surface area contributed by atoms with Crippen LogP contribution in [0.5, 0.6) is 5.75 Å². The van der Waals surface area contributed by atoms with E-state index in [2.05, 4.69) is 5.32 Å². The molecule has 1 fully saturated rings. The van der Waals surface area contributed by atoms with Crippen molar-refractivity contribution in [2.24, 2.45) is 17.6 Å². The van der Waals surface area contributed by atoms with E-state index in [1.54, 1.807) is 25.3 Å². The highest BCUT2D eigenvalue weighted by molar-refractivity contribution is 6.31. The Morgan fingerprint density at radius 2 is 2.10 bits per heavy atom. The number of carbonyl (C=O) groups excluding carboxylic acids is 1. The monoisotopic (exact) mass is 296 g/mol. The third-order valence-corrected chi connectivity index (χ3v) is 4.21. The van der Waals surface area contributed by atoms with E-state index < -0.39 is 0 Å². The fourth-order valence-electron chi connectivity index (χ4n) is 2.67. The van der Waals surface area contributed by atoms with Crippen LogP contribution < -0.4 is 15.8 Å². The smallest absolute Gasteiger partial charge is 0.227 e. The van der Waals surface area contributed by atoms with E-state index in [9.17, 15) is 4.79 Å². The van der Waals surface area contributed by atoms with Crippen LogP contribution in [0.4, 0.5) is 5.69 Å². The quantitative estimate of drug-likeness (QED) is 0.897. The molecule has 1 aromatic rings. The zero-order valence-electron chi connectivity index (χ0n) is 11.7. The van der Waals surface area contributed by atoms with Crippen LogP contribution in [0, 0.1) is 11.8 Å². The highest BCUT2D eigenvalue weighted by Crippen LogP contribution is 2.32. The highest BCUT2D eigenvalue weighted by atomic mass is 35.5. The number of halogens is 1. The fraction of sp³-hybridized carbons (Fsp3) is 0.533. The Hall–Kier alpha value is -1.26. The predicted octanol–water partition coefficient (Wildman–Crippen LogP) is 3.05. The van der Waals surface area contributed by atoms with E-state index >= 15 is 0 Å². The molecule has 4 nitrogen and oxygen atoms in total. The minimum Gasteiger partial charge on any atom is -0.495 e. The van der Waals surface area contributed by atoms with Gasteiger partial charge in [0.2, 0.25) is 5.91 Å². The van der Waals surface area contributed by atoms with Crippen LogP contribution in [0.25, 0.3) is 0 Å². The molecule has 0 saturated heterocycles. The van der Waals surface area contributed by atoms with Crippen molar-refractivity contribution in [2.75, 3.05) is 19.0 Å². The number of hydrogen-bond acceptors (Lipinski definition) is 3. The number of rotatable bonds is 4. The molecule has 0 unspecified atom stereocenters. The van der Waals surface area contributed by atoms with Crippen LogP contribution in [0.15, 0.2) is 18.2 Å². The second kappa shape index (κ2) is 6.95. The average Bonchev–Trinajstić information content (AvgIpc) is 2.47. The number of nitrogens with two attached hydrogens (primary N) is 1. The van der Waals surface area contributed by atoms with Crippen molar-refractivity contribution in [1.82, 2.24) is 0 Å². The van der Waals surface area contributed by atoms with Crippen LogP contribution >= 0.6 is 11.6 Å². The Kier molecular flexibility index (Phi) is 5.26. The molecule has 0 radical (unpaired) electrons. The van der Waals surface area contributed by atoms with Crippen LogP contribution in [0.1, 0.15) is 25.7 Å².